The lowest BCUT2D eigenvalue weighted by molar-refractivity contribution is 0.0167. The molecular formula is C10H16N2O2S. The van der Waals surface area contributed by atoms with Crippen LogP contribution in [0.1, 0.15) is 23.7 Å². The molecule has 1 heterocycles. The average Bonchev–Trinajstić information content (AvgIpc) is 2.17. The highest BCUT2D eigenvalue weighted by Gasteiger charge is 2.19. The largest absolute Gasteiger partial charge is 0.390 e. The minimum absolute atomic E-state index is 0.409. The van der Waals surface area contributed by atoms with E-state index in [-0.39, 0.29) is 0 Å². The molecule has 1 rings (SSSR count). The number of nitrogens with two attached hydrogens (primary N) is 1. The maximum Gasteiger partial charge on any atom is 0.123 e. The minimum atomic E-state index is -0.926. The highest BCUT2D eigenvalue weighted by molar-refractivity contribution is 7.80. The molecule has 4 N–H and O–H groups in total. The Morgan fingerprint density at radius 1 is 1.53 bits per heavy atom. The Morgan fingerprint density at radius 2 is 2.20 bits per heavy atom. The number of pyridine rings is 1. The molecule has 2 unspecified atom stereocenters. The number of anilines is 1. The first-order chi connectivity index (χ1) is 7.06. The number of aromatic nitrogens is 1. The number of thiol groups is 1. The van der Waals surface area contributed by atoms with E-state index < -0.39 is 12.2 Å². The van der Waals surface area contributed by atoms with Crippen LogP contribution in [-0.2, 0) is 0 Å². The van der Waals surface area contributed by atoms with Crippen molar-refractivity contribution >= 4 is 18.4 Å². The third-order valence-corrected chi connectivity index (χ3v) is 2.54. The van der Waals surface area contributed by atoms with Gasteiger partial charge in [-0.1, -0.05) is 0 Å². The normalized spacial score (nSPS) is 14.9. The molecule has 0 saturated carbocycles. The molecule has 15 heavy (non-hydrogen) atoms. The van der Waals surface area contributed by atoms with Crippen LogP contribution in [0.4, 0.5) is 5.82 Å². The Hall–Kier alpha value is -0.780. The SMILES string of the molecule is Cc1cc(N)ncc1C(O)C(O)CCS. The van der Waals surface area contributed by atoms with E-state index in [9.17, 15) is 10.2 Å². The fourth-order valence-corrected chi connectivity index (χ4v) is 1.66. The molecule has 0 aliphatic rings. The van der Waals surface area contributed by atoms with Gasteiger partial charge >= 0.3 is 0 Å². The Balaban J connectivity index is 2.86. The maximum absolute atomic E-state index is 9.83. The molecule has 0 aromatic carbocycles. The number of nitrogen functional groups attached to an aromatic ring is 1. The smallest absolute Gasteiger partial charge is 0.123 e. The van der Waals surface area contributed by atoms with Gasteiger partial charge in [-0.3, -0.25) is 0 Å². The van der Waals surface area contributed by atoms with Crippen molar-refractivity contribution in [2.75, 3.05) is 11.5 Å². The molecule has 2 atom stereocenters. The van der Waals surface area contributed by atoms with E-state index in [0.29, 0.717) is 23.6 Å². The van der Waals surface area contributed by atoms with Crippen LogP contribution in [0.2, 0.25) is 0 Å². The molecule has 84 valence electrons. The molecule has 0 fully saturated rings. The van der Waals surface area contributed by atoms with Crippen molar-refractivity contribution in [2.24, 2.45) is 0 Å². The third kappa shape index (κ3) is 3.09. The van der Waals surface area contributed by atoms with Crippen LogP contribution in [0.15, 0.2) is 12.3 Å². The van der Waals surface area contributed by atoms with E-state index in [2.05, 4.69) is 17.6 Å². The molecule has 0 amide bonds. The van der Waals surface area contributed by atoms with Crippen molar-refractivity contribution in [2.45, 2.75) is 25.6 Å². The Bertz CT molecular complexity index is 333. The number of aliphatic hydroxyl groups is 2. The van der Waals surface area contributed by atoms with E-state index >= 15 is 0 Å². The molecule has 1 aromatic rings. The summed E-state index contributed by atoms with van der Waals surface area (Å²) in [5, 5.41) is 19.4. The van der Waals surface area contributed by atoms with E-state index in [1.165, 1.54) is 6.20 Å². The second kappa shape index (κ2) is 5.34. The molecule has 0 spiro atoms. The summed E-state index contributed by atoms with van der Waals surface area (Å²) in [5.74, 6) is 0.937. The summed E-state index contributed by atoms with van der Waals surface area (Å²) >= 11 is 4.00. The summed E-state index contributed by atoms with van der Waals surface area (Å²) in [6, 6.07) is 1.67. The van der Waals surface area contributed by atoms with Gasteiger partial charge < -0.3 is 15.9 Å². The summed E-state index contributed by atoms with van der Waals surface area (Å²) in [6.45, 7) is 1.82. The highest BCUT2D eigenvalue weighted by atomic mass is 32.1. The van der Waals surface area contributed by atoms with Gasteiger partial charge in [-0.05, 0) is 30.7 Å². The average molecular weight is 228 g/mol. The lowest BCUT2D eigenvalue weighted by Crippen LogP contribution is -2.19. The lowest BCUT2D eigenvalue weighted by atomic mass is 10.0. The van der Waals surface area contributed by atoms with Crippen molar-refractivity contribution in [3.63, 3.8) is 0 Å². The maximum atomic E-state index is 9.83. The van der Waals surface area contributed by atoms with E-state index in [0.717, 1.165) is 5.56 Å². The third-order valence-electron chi connectivity index (χ3n) is 2.28. The zero-order valence-corrected chi connectivity index (χ0v) is 9.48. The summed E-state index contributed by atoms with van der Waals surface area (Å²) in [6.07, 6.45) is 0.197. The van der Waals surface area contributed by atoms with Gasteiger partial charge in [0, 0.05) is 11.8 Å². The number of rotatable bonds is 4. The van der Waals surface area contributed by atoms with E-state index in [4.69, 9.17) is 5.73 Å². The van der Waals surface area contributed by atoms with Gasteiger partial charge in [-0.2, -0.15) is 12.6 Å². The summed E-state index contributed by atoms with van der Waals surface area (Å²) in [4.78, 5) is 3.89. The van der Waals surface area contributed by atoms with Gasteiger partial charge in [0.15, 0.2) is 0 Å². The quantitative estimate of drug-likeness (QED) is 0.572. The van der Waals surface area contributed by atoms with E-state index in [1.807, 2.05) is 6.92 Å². The number of hydrogen-bond acceptors (Lipinski definition) is 5. The topological polar surface area (TPSA) is 79.4 Å². The number of hydrogen-bond donors (Lipinski definition) is 4. The van der Waals surface area contributed by atoms with Crippen molar-refractivity contribution in [3.05, 3.63) is 23.4 Å². The van der Waals surface area contributed by atoms with Crippen LogP contribution in [-0.4, -0.2) is 27.1 Å². The van der Waals surface area contributed by atoms with Crippen molar-refractivity contribution in [1.82, 2.24) is 4.98 Å². The number of aryl methyl sites for hydroxylation is 1. The first-order valence-corrected chi connectivity index (χ1v) is 5.38. The lowest BCUT2D eigenvalue weighted by Gasteiger charge is -2.18. The summed E-state index contributed by atoms with van der Waals surface area (Å²) in [7, 11) is 0. The predicted molar refractivity (Wildman–Crippen MR) is 62.8 cm³/mol. The first kappa shape index (κ1) is 12.3. The second-order valence-electron chi connectivity index (χ2n) is 3.49. The van der Waals surface area contributed by atoms with Gasteiger partial charge in [0.05, 0.1) is 6.10 Å². The minimum Gasteiger partial charge on any atom is -0.390 e. The van der Waals surface area contributed by atoms with Gasteiger partial charge in [0.2, 0.25) is 0 Å². The molecular weight excluding hydrogens is 212 g/mol. The standard InChI is InChI=1S/C10H16N2O2S/c1-6-4-9(11)12-5-7(6)10(14)8(13)2-3-15/h4-5,8,10,13-15H,2-3H2,1H3,(H2,11,12). The fraction of sp³-hybridized carbons (Fsp3) is 0.500. The summed E-state index contributed by atoms with van der Waals surface area (Å²) in [5.41, 5.74) is 6.93. The van der Waals surface area contributed by atoms with Gasteiger partial charge in [0.1, 0.15) is 11.9 Å². The van der Waals surface area contributed by atoms with Crippen LogP contribution < -0.4 is 5.73 Å². The molecule has 0 saturated heterocycles. The molecule has 0 radical (unpaired) electrons. The van der Waals surface area contributed by atoms with E-state index in [1.54, 1.807) is 6.07 Å². The molecule has 0 bridgehead atoms. The Labute approximate surface area is 94.6 Å². The van der Waals surface area contributed by atoms with Crippen LogP contribution >= 0.6 is 12.6 Å². The zero-order valence-electron chi connectivity index (χ0n) is 8.59. The van der Waals surface area contributed by atoms with Crippen molar-refractivity contribution < 1.29 is 10.2 Å². The molecule has 0 aliphatic heterocycles. The number of aliphatic hydroxyl groups excluding tert-OH is 2. The zero-order chi connectivity index (χ0) is 11.4. The summed E-state index contributed by atoms with van der Waals surface area (Å²) < 4.78 is 0. The van der Waals surface area contributed by atoms with Crippen LogP contribution in [0.3, 0.4) is 0 Å². The molecule has 4 nitrogen and oxygen atoms in total. The van der Waals surface area contributed by atoms with Gasteiger partial charge in [-0.15, -0.1) is 0 Å². The van der Waals surface area contributed by atoms with Crippen molar-refractivity contribution in [1.29, 1.82) is 0 Å². The number of nitrogens with zero attached hydrogens (tertiary/aromatic N) is 1. The first-order valence-electron chi connectivity index (χ1n) is 4.75. The highest BCUT2D eigenvalue weighted by Crippen LogP contribution is 2.22. The van der Waals surface area contributed by atoms with Gasteiger partial charge in [0.25, 0.3) is 0 Å². The second-order valence-corrected chi connectivity index (χ2v) is 3.94. The molecule has 0 aliphatic carbocycles. The monoisotopic (exact) mass is 228 g/mol. The predicted octanol–water partition coefficient (Wildman–Crippen LogP) is 0.686. The Kier molecular flexibility index (Phi) is 4.38. The van der Waals surface area contributed by atoms with Crippen molar-refractivity contribution in [3.8, 4) is 0 Å². The van der Waals surface area contributed by atoms with Crippen LogP contribution in [0.25, 0.3) is 0 Å². The molecule has 5 heteroatoms. The van der Waals surface area contributed by atoms with Crippen LogP contribution in [0, 0.1) is 6.92 Å². The van der Waals surface area contributed by atoms with Crippen LogP contribution in [0.5, 0.6) is 0 Å². The van der Waals surface area contributed by atoms with Gasteiger partial charge in [-0.25, -0.2) is 4.98 Å². The Morgan fingerprint density at radius 3 is 2.73 bits per heavy atom. The molecule has 1 aromatic heterocycles. The fourth-order valence-electron chi connectivity index (χ4n) is 1.40.